The molecule has 3 N–H and O–H groups in total. The van der Waals surface area contributed by atoms with Gasteiger partial charge in [0.15, 0.2) is 5.82 Å². The molecule has 1 aromatic heterocycles. The van der Waals surface area contributed by atoms with Gasteiger partial charge in [-0.2, -0.15) is 0 Å². The van der Waals surface area contributed by atoms with Gasteiger partial charge in [-0.1, -0.05) is 17.7 Å². The highest BCUT2D eigenvalue weighted by molar-refractivity contribution is 6.31. The first kappa shape index (κ1) is 25.1. The third-order valence-corrected chi connectivity index (χ3v) is 6.46. The summed E-state index contributed by atoms with van der Waals surface area (Å²) in [5.41, 5.74) is 1.58. The number of hydrogen-bond donors (Lipinski definition) is 3. The van der Waals surface area contributed by atoms with Crippen molar-refractivity contribution in [1.29, 1.82) is 0 Å². The van der Waals surface area contributed by atoms with Crippen molar-refractivity contribution in [2.75, 3.05) is 38.6 Å². The van der Waals surface area contributed by atoms with Gasteiger partial charge in [0.05, 0.1) is 29.4 Å². The molecule has 1 saturated heterocycles. The highest BCUT2D eigenvalue weighted by atomic mass is 35.5. The van der Waals surface area contributed by atoms with E-state index in [9.17, 15) is 9.18 Å². The second kappa shape index (κ2) is 11.6. The molecule has 0 radical (unpaired) electrons. The average molecular weight is 501 g/mol. The normalized spacial score (nSPS) is 14.7. The van der Waals surface area contributed by atoms with Crippen LogP contribution < -0.4 is 20.7 Å². The van der Waals surface area contributed by atoms with Gasteiger partial charge in [0, 0.05) is 36.7 Å². The van der Waals surface area contributed by atoms with Crippen LogP contribution >= 0.6 is 11.6 Å². The van der Waals surface area contributed by atoms with Crippen LogP contribution in [-0.2, 0) is 11.3 Å². The number of anilines is 2. The molecule has 186 valence electrons. The Morgan fingerprint density at radius 2 is 2.06 bits per heavy atom. The standard InChI is InChI=1S/C25H30ClFN6O2/c1-16(28-8-11-33-9-3-4-10-33)25(34)29-14-17-12-18-21(13-22(17)35-2)30-15-31-24(18)32-20-7-5-6-19(26)23(20)27/h5-7,12-13,15-16,28H,3-4,8-11,14H2,1-2H3,(H,29,34)(H,30,31,32)/t16-/m0/s1. The molecule has 0 spiro atoms. The summed E-state index contributed by atoms with van der Waals surface area (Å²) in [4.78, 5) is 23.7. The van der Waals surface area contributed by atoms with Gasteiger partial charge >= 0.3 is 0 Å². The Bertz CT molecular complexity index is 1190. The number of methoxy groups -OCH3 is 1. The molecule has 1 amide bonds. The van der Waals surface area contributed by atoms with Crippen molar-refractivity contribution in [3.05, 3.63) is 53.1 Å². The molecule has 1 fully saturated rings. The van der Waals surface area contributed by atoms with Crippen LogP contribution in [0.5, 0.6) is 5.75 Å². The first-order valence-electron chi connectivity index (χ1n) is 11.7. The van der Waals surface area contributed by atoms with Crippen molar-refractivity contribution in [2.45, 2.75) is 32.4 Å². The van der Waals surface area contributed by atoms with E-state index in [0.717, 1.165) is 31.7 Å². The SMILES string of the molecule is COc1cc2ncnc(Nc3cccc(Cl)c3F)c2cc1CNC(=O)[C@H](C)NCCN1CCCC1. The van der Waals surface area contributed by atoms with E-state index in [4.69, 9.17) is 16.3 Å². The Kier molecular flexibility index (Phi) is 8.33. The number of nitrogens with zero attached hydrogens (tertiary/aromatic N) is 3. The van der Waals surface area contributed by atoms with Crippen molar-refractivity contribution in [2.24, 2.45) is 0 Å². The van der Waals surface area contributed by atoms with Crippen LogP contribution in [0.1, 0.15) is 25.3 Å². The van der Waals surface area contributed by atoms with Crippen molar-refractivity contribution in [1.82, 2.24) is 25.5 Å². The topological polar surface area (TPSA) is 91.4 Å². The molecular formula is C25H30ClFN6O2. The van der Waals surface area contributed by atoms with E-state index < -0.39 is 5.82 Å². The largest absolute Gasteiger partial charge is 0.496 e. The maximum Gasteiger partial charge on any atom is 0.237 e. The number of halogens is 2. The monoisotopic (exact) mass is 500 g/mol. The van der Waals surface area contributed by atoms with E-state index in [0.29, 0.717) is 22.5 Å². The molecule has 8 nitrogen and oxygen atoms in total. The highest BCUT2D eigenvalue weighted by Gasteiger charge is 2.17. The molecule has 1 atom stereocenters. The number of rotatable bonds is 10. The van der Waals surface area contributed by atoms with Crippen LogP contribution in [0.3, 0.4) is 0 Å². The summed E-state index contributed by atoms with van der Waals surface area (Å²) in [5.74, 6) is 0.347. The van der Waals surface area contributed by atoms with Gasteiger partial charge in [-0.15, -0.1) is 0 Å². The summed E-state index contributed by atoms with van der Waals surface area (Å²) in [6.07, 6.45) is 3.89. The Balaban J connectivity index is 1.46. The molecule has 2 heterocycles. The third kappa shape index (κ3) is 6.17. The van der Waals surface area contributed by atoms with Crippen LogP contribution in [0.4, 0.5) is 15.9 Å². The lowest BCUT2D eigenvalue weighted by atomic mass is 10.1. The smallest absolute Gasteiger partial charge is 0.237 e. The molecule has 1 aliphatic rings. The fourth-order valence-corrected chi connectivity index (χ4v) is 4.33. The first-order chi connectivity index (χ1) is 17.0. The molecule has 10 heteroatoms. The second-order valence-electron chi connectivity index (χ2n) is 8.57. The highest BCUT2D eigenvalue weighted by Crippen LogP contribution is 2.31. The number of hydrogen-bond acceptors (Lipinski definition) is 7. The third-order valence-electron chi connectivity index (χ3n) is 6.17. The Morgan fingerprint density at radius 1 is 1.26 bits per heavy atom. The summed E-state index contributed by atoms with van der Waals surface area (Å²) in [6, 6.07) is 8.00. The molecule has 0 saturated carbocycles. The zero-order valence-corrected chi connectivity index (χ0v) is 20.7. The second-order valence-corrected chi connectivity index (χ2v) is 8.98. The lowest BCUT2D eigenvalue weighted by Gasteiger charge is -2.18. The molecule has 4 rings (SSSR count). The van der Waals surface area contributed by atoms with Gasteiger partial charge < -0.3 is 25.6 Å². The van der Waals surface area contributed by atoms with E-state index in [1.165, 1.54) is 25.2 Å². The van der Waals surface area contributed by atoms with Crippen LogP contribution in [0.25, 0.3) is 10.9 Å². The maximum atomic E-state index is 14.4. The van der Waals surface area contributed by atoms with Crippen LogP contribution in [0.2, 0.25) is 5.02 Å². The summed E-state index contributed by atoms with van der Waals surface area (Å²) < 4.78 is 20.0. The van der Waals surface area contributed by atoms with Crippen molar-refractivity contribution >= 4 is 39.9 Å². The molecule has 1 aliphatic heterocycles. The van der Waals surface area contributed by atoms with Crippen LogP contribution in [-0.4, -0.2) is 60.1 Å². The van der Waals surface area contributed by atoms with Crippen LogP contribution in [0.15, 0.2) is 36.7 Å². The predicted octanol–water partition coefficient (Wildman–Crippen LogP) is 3.86. The number of fused-ring (bicyclic) bond motifs is 1. The lowest BCUT2D eigenvalue weighted by Crippen LogP contribution is -2.44. The van der Waals surface area contributed by atoms with Gasteiger partial charge in [0.1, 0.15) is 17.9 Å². The summed E-state index contributed by atoms with van der Waals surface area (Å²) >= 11 is 5.91. The predicted molar refractivity (Wildman–Crippen MR) is 136 cm³/mol. The minimum Gasteiger partial charge on any atom is -0.496 e. The number of carbonyl (C=O) groups excluding carboxylic acids is 1. The molecule has 0 aliphatic carbocycles. The summed E-state index contributed by atoms with van der Waals surface area (Å²) in [7, 11) is 1.57. The Labute approximate surface area is 209 Å². The number of amides is 1. The number of ether oxygens (including phenoxy) is 1. The number of aromatic nitrogens is 2. The number of likely N-dealkylation sites (tertiary alicyclic amines) is 1. The lowest BCUT2D eigenvalue weighted by molar-refractivity contribution is -0.122. The van der Waals surface area contributed by atoms with Gasteiger partial charge in [0.2, 0.25) is 5.91 Å². The summed E-state index contributed by atoms with van der Waals surface area (Å²) in [6.45, 7) is 6.09. The molecule has 35 heavy (non-hydrogen) atoms. The molecular weight excluding hydrogens is 471 g/mol. The van der Waals surface area contributed by atoms with E-state index in [-0.39, 0.29) is 29.2 Å². The Hall–Kier alpha value is -3.01. The van der Waals surface area contributed by atoms with Gasteiger partial charge in [-0.3, -0.25) is 4.79 Å². The fraction of sp³-hybridized carbons (Fsp3) is 0.400. The van der Waals surface area contributed by atoms with E-state index >= 15 is 0 Å². The molecule has 3 aromatic rings. The van der Waals surface area contributed by atoms with Crippen molar-refractivity contribution < 1.29 is 13.9 Å². The molecule has 0 bridgehead atoms. The number of carbonyl (C=O) groups is 1. The first-order valence-corrected chi connectivity index (χ1v) is 12.1. The van der Waals surface area contributed by atoms with Crippen molar-refractivity contribution in [3.8, 4) is 5.75 Å². The van der Waals surface area contributed by atoms with E-state index in [1.807, 2.05) is 13.0 Å². The van der Waals surface area contributed by atoms with Crippen LogP contribution in [0, 0.1) is 5.82 Å². The van der Waals surface area contributed by atoms with Gasteiger partial charge in [-0.05, 0) is 51.1 Å². The van der Waals surface area contributed by atoms with Gasteiger partial charge in [-0.25, -0.2) is 14.4 Å². The number of benzene rings is 2. The minimum atomic E-state index is -0.562. The van der Waals surface area contributed by atoms with E-state index in [1.54, 1.807) is 25.3 Å². The maximum absolute atomic E-state index is 14.4. The average Bonchev–Trinajstić information content (AvgIpc) is 3.38. The van der Waals surface area contributed by atoms with E-state index in [2.05, 4.69) is 30.8 Å². The minimum absolute atomic E-state index is 0.0154. The van der Waals surface area contributed by atoms with Crippen molar-refractivity contribution in [3.63, 3.8) is 0 Å². The molecule has 2 aromatic carbocycles. The summed E-state index contributed by atoms with van der Waals surface area (Å²) in [5, 5.41) is 9.93. The fourth-order valence-electron chi connectivity index (χ4n) is 4.16. The zero-order chi connectivity index (χ0) is 24.8. The number of nitrogens with one attached hydrogen (secondary N) is 3. The Morgan fingerprint density at radius 3 is 2.83 bits per heavy atom. The van der Waals surface area contributed by atoms with Gasteiger partial charge in [0.25, 0.3) is 0 Å². The zero-order valence-electron chi connectivity index (χ0n) is 19.9. The quantitative estimate of drug-likeness (QED) is 0.389. The molecule has 0 unspecified atom stereocenters.